The molecule has 0 fully saturated rings. The quantitative estimate of drug-likeness (QED) is 0.356. The lowest BCUT2D eigenvalue weighted by Crippen LogP contribution is -1.94. The highest BCUT2D eigenvalue weighted by Crippen LogP contribution is 1.59. The van der Waals surface area contributed by atoms with Crippen molar-refractivity contribution in [2.24, 2.45) is 0 Å². The van der Waals surface area contributed by atoms with E-state index in [0.717, 1.165) is 0 Å². The Balaban J connectivity index is 2.19. The summed E-state index contributed by atoms with van der Waals surface area (Å²) in [4.78, 5) is 0. The minimum absolute atomic E-state index is 1.34. The van der Waals surface area contributed by atoms with Gasteiger partial charge in [0.25, 0.3) is 0 Å². The lowest BCUT2D eigenvalue weighted by Gasteiger charge is -1.72. The first kappa shape index (κ1) is 5.19. The average Bonchev–Trinajstić information content (AvgIpc) is 1.41. The van der Waals surface area contributed by atoms with Crippen molar-refractivity contribution in [2.45, 2.75) is 13.0 Å². The van der Waals surface area contributed by atoms with Gasteiger partial charge in [0, 0.05) is 0 Å². The van der Waals surface area contributed by atoms with Gasteiger partial charge in [-0.3, -0.25) is 0 Å². The Morgan fingerprint density at radius 1 is 1.80 bits per heavy atom. The van der Waals surface area contributed by atoms with Gasteiger partial charge in [-0.1, -0.05) is 6.82 Å². The van der Waals surface area contributed by atoms with Crippen LogP contribution in [0.3, 0.4) is 0 Å². The second-order valence-corrected chi connectivity index (χ2v) is 1.35. The highest BCUT2D eigenvalue weighted by Gasteiger charge is 1.76. The molecule has 0 heterocycles. The molecule has 0 amide bonds. The molecule has 0 aliphatic rings. The Bertz CT molecular complexity index is 12.4. The largest absolute Gasteiger partial charge is 0.111 e. The molecule has 0 rings (SSSR count). The lowest BCUT2D eigenvalue weighted by molar-refractivity contribution is 2.10. The Kier molecular flexibility index (Phi) is 4.36. The molecule has 0 atom stereocenters. The molecule has 0 aliphatic heterocycles. The van der Waals surface area contributed by atoms with E-state index in [1.807, 2.05) is 0 Å². The van der Waals surface area contributed by atoms with Crippen molar-refractivity contribution in [3.8, 4) is 0 Å². The zero-order valence-electron chi connectivity index (χ0n) is 4.12. The van der Waals surface area contributed by atoms with Crippen LogP contribution < -0.4 is 0 Å². The number of hydrogen-bond donors (Lipinski definition) is 0. The SMILES string of the molecule is BCBBC. The van der Waals surface area contributed by atoms with E-state index in [4.69, 9.17) is 0 Å². The summed E-state index contributed by atoms with van der Waals surface area (Å²) in [5.74, 6) is 0. The third-order valence-electron chi connectivity index (χ3n) is 0.707. The first-order valence-electron chi connectivity index (χ1n) is 2.41. The lowest BCUT2D eigenvalue weighted by atomic mass is 9.37. The number of rotatable bonds is 2. The predicted molar refractivity (Wildman–Crippen MR) is 33.5 cm³/mol. The molecule has 0 unspecified atom stereocenters. The van der Waals surface area contributed by atoms with Crippen LogP contribution in [-0.2, 0) is 0 Å². The molecule has 0 nitrogen and oxygen atoms in total. The van der Waals surface area contributed by atoms with Crippen molar-refractivity contribution in [3.63, 3.8) is 0 Å². The fraction of sp³-hybridized carbons (Fsp3) is 1.00. The third-order valence-corrected chi connectivity index (χ3v) is 0.707. The minimum Gasteiger partial charge on any atom is -0.111 e. The predicted octanol–water partition coefficient (Wildman–Crippen LogP) is -1.17. The molecule has 0 bridgehead atoms. The highest BCUT2D eigenvalue weighted by molar-refractivity contribution is 7.01. The van der Waals surface area contributed by atoms with Crippen molar-refractivity contribution in [2.75, 3.05) is 0 Å². The van der Waals surface area contributed by atoms with E-state index in [0.29, 0.717) is 0 Å². The van der Waals surface area contributed by atoms with Crippen LogP contribution in [0.4, 0.5) is 0 Å². The van der Waals surface area contributed by atoms with Crippen molar-refractivity contribution < 1.29 is 0 Å². The van der Waals surface area contributed by atoms with Gasteiger partial charge in [-0.25, -0.2) is 0 Å². The van der Waals surface area contributed by atoms with E-state index in [2.05, 4.69) is 14.7 Å². The Labute approximate surface area is 36.2 Å². The van der Waals surface area contributed by atoms with Crippen LogP contribution in [0, 0.1) is 0 Å². The first-order chi connectivity index (χ1) is 2.41. The summed E-state index contributed by atoms with van der Waals surface area (Å²) < 4.78 is 0. The minimum atomic E-state index is 1.34. The molecule has 26 valence electrons. The maximum absolute atomic E-state index is 2.21. The highest BCUT2D eigenvalue weighted by atomic mass is 13.1. The summed E-state index contributed by atoms with van der Waals surface area (Å²) in [6.45, 7) is 2.21. The number of hydrogen-bond acceptors (Lipinski definition) is 0. The van der Waals surface area contributed by atoms with E-state index in [-0.39, 0.29) is 0 Å². The molecule has 0 saturated carbocycles. The van der Waals surface area contributed by atoms with Gasteiger partial charge in [-0.15, -0.1) is 6.22 Å². The second-order valence-electron chi connectivity index (χ2n) is 1.35. The van der Waals surface area contributed by atoms with Crippen LogP contribution in [0.2, 0.25) is 13.0 Å². The summed E-state index contributed by atoms with van der Waals surface area (Å²) in [6, 6.07) is 0. The van der Waals surface area contributed by atoms with Gasteiger partial charge in [0.05, 0.1) is 22.2 Å². The van der Waals surface area contributed by atoms with Crippen molar-refractivity contribution in [3.05, 3.63) is 0 Å². The molecule has 0 spiro atoms. The summed E-state index contributed by atoms with van der Waals surface area (Å²) in [5.41, 5.74) is 0. The summed E-state index contributed by atoms with van der Waals surface area (Å²) >= 11 is 0. The van der Waals surface area contributed by atoms with Crippen LogP contribution in [0.1, 0.15) is 0 Å². The third kappa shape index (κ3) is 4.19. The maximum Gasteiger partial charge on any atom is 0.0921 e. The van der Waals surface area contributed by atoms with E-state index < -0.39 is 0 Å². The molecule has 0 saturated heterocycles. The molecular weight excluding hydrogens is 56.5 g/mol. The van der Waals surface area contributed by atoms with Crippen LogP contribution in [0.25, 0.3) is 0 Å². The maximum atomic E-state index is 2.21. The molecule has 0 N–H and O–H groups in total. The average molecular weight is 65.5 g/mol. The van der Waals surface area contributed by atoms with Crippen molar-refractivity contribution in [1.82, 2.24) is 0 Å². The van der Waals surface area contributed by atoms with Crippen LogP contribution >= 0.6 is 0 Å². The molecule has 0 aromatic carbocycles. The summed E-state index contributed by atoms with van der Waals surface area (Å²) in [5, 5.41) is 0. The molecule has 0 radical (unpaired) electrons. The molecular formula is C2H9B3. The molecule has 3 heteroatoms. The van der Waals surface area contributed by atoms with Crippen LogP contribution in [0.15, 0.2) is 0 Å². The van der Waals surface area contributed by atoms with E-state index in [1.165, 1.54) is 20.6 Å². The zero-order valence-corrected chi connectivity index (χ0v) is 4.12. The van der Waals surface area contributed by atoms with Crippen LogP contribution in [-0.4, -0.2) is 22.2 Å². The summed E-state index contributed by atoms with van der Waals surface area (Å²) in [7, 11) is 4.94. The van der Waals surface area contributed by atoms with Gasteiger partial charge in [0.15, 0.2) is 0 Å². The fourth-order valence-electron chi connectivity index (χ4n) is 0.354. The van der Waals surface area contributed by atoms with Crippen molar-refractivity contribution in [1.29, 1.82) is 0 Å². The summed E-state index contributed by atoms with van der Waals surface area (Å²) in [6.07, 6.45) is 1.34. The van der Waals surface area contributed by atoms with E-state index >= 15 is 0 Å². The monoisotopic (exact) mass is 66.1 g/mol. The molecule has 5 heavy (non-hydrogen) atoms. The fourth-order valence-corrected chi connectivity index (χ4v) is 0.354. The van der Waals surface area contributed by atoms with Gasteiger partial charge in [-0.05, 0) is 0 Å². The Morgan fingerprint density at radius 2 is 2.40 bits per heavy atom. The normalized spacial score (nSPS) is 6.60. The Hall–Kier alpha value is 0.195. The van der Waals surface area contributed by atoms with Crippen LogP contribution in [0.5, 0.6) is 0 Å². The molecule has 0 aromatic heterocycles. The van der Waals surface area contributed by atoms with E-state index in [9.17, 15) is 0 Å². The zero-order chi connectivity index (χ0) is 4.12. The van der Waals surface area contributed by atoms with E-state index in [1.54, 1.807) is 0 Å². The van der Waals surface area contributed by atoms with Gasteiger partial charge >= 0.3 is 0 Å². The topological polar surface area (TPSA) is 0 Å². The standard InChI is InChI=1S/C2H9B3/c1-4-5-2-3/h4-5H,2-3H2,1H3. The molecule has 0 aromatic rings. The van der Waals surface area contributed by atoms with Gasteiger partial charge in [-0.2, -0.15) is 0 Å². The van der Waals surface area contributed by atoms with Gasteiger partial charge in [0.2, 0.25) is 0 Å². The first-order valence-corrected chi connectivity index (χ1v) is 2.41. The van der Waals surface area contributed by atoms with Gasteiger partial charge in [0.1, 0.15) is 0 Å². The van der Waals surface area contributed by atoms with Gasteiger partial charge < -0.3 is 0 Å². The second kappa shape index (κ2) is 4.19. The Morgan fingerprint density at radius 3 is 2.40 bits per heavy atom. The smallest absolute Gasteiger partial charge is 0.0921 e. The molecule has 0 aliphatic carbocycles. The van der Waals surface area contributed by atoms with Crippen molar-refractivity contribution >= 4 is 22.2 Å².